The molecular formula is C14H11N3O. The molecular weight excluding hydrogens is 226 g/mol. The van der Waals surface area contributed by atoms with Crippen molar-refractivity contribution in [3.05, 3.63) is 58.6 Å². The molecule has 1 N–H and O–H groups in total. The van der Waals surface area contributed by atoms with Crippen LogP contribution in [0.3, 0.4) is 0 Å². The number of aryl methyl sites for hydroxylation is 1. The lowest BCUT2D eigenvalue weighted by Gasteiger charge is -2.06. The van der Waals surface area contributed by atoms with E-state index in [2.05, 4.69) is 15.2 Å². The minimum Gasteiger partial charge on any atom is -0.267 e. The van der Waals surface area contributed by atoms with Crippen LogP contribution in [-0.4, -0.2) is 15.2 Å². The first kappa shape index (κ1) is 10.7. The fourth-order valence-corrected chi connectivity index (χ4v) is 2.06. The Labute approximate surface area is 103 Å². The van der Waals surface area contributed by atoms with Gasteiger partial charge in [-0.25, -0.2) is 5.10 Å². The number of aromatic amines is 1. The number of hydrogen-bond donors (Lipinski definition) is 1. The molecule has 0 radical (unpaired) electrons. The minimum absolute atomic E-state index is 0.166. The zero-order chi connectivity index (χ0) is 12.5. The number of aromatic nitrogens is 3. The van der Waals surface area contributed by atoms with E-state index < -0.39 is 0 Å². The van der Waals surface area contributed by atoms with Crippen LogP contribution in [0.2, 0.25) is 0 Å². The van der Waals surface area contributed by atoms with E-state index in [4.69, 9.17) is 0 Å². The second kappa shape index (κ2) is 4.07. The number of nitrogens with zero attached hydrogens (tertiary/aromatic N) is 2. The lowest BCUT2D eigenvalue weighted by molar-refractivity contribution is 1.01. The molecule has 0 bridgehead atoms. The zero-order valence-electron chi connectivity index (χ0n) is 9.84. The molecule has 4 heteroatoms. The first-order valence-corrected chi connectivity index (χ1v) is 5.66. The second-order valence-corrected chi connectivity index (χ2v) is 4.14. The standard InChI is InChI=1S/C14H11N3O/c1-9-8-15-7-6-10(9)13-11-4-2-3-5-12(11)14(18)17-16-13/h2-8H,1H3,(H,17,18). The number of rotatable bonds is 1. The summed E-state index contributed by atoms with van der Waals surface area (Å²) in [6, 6.07) is 9.37. The molecule has 18 heavy (non-hydrogen) atoms. The maximum Gasteiger partial charge on any atom is 0.272 e. The lowest BCUT2D eigenvalue weighted by Crippen LogP contribution is -2.09. The SMILES string of the molecule is Cc1cnccc1-c1n[nH]c(=O)c2ccccc12. The summed E-state index contributed by atoms with van der Waals surface area (Å²) in [5, 5.41) is 8.22. The topological polar surface area (TPSA) is 58.6 Å². The van der Waals surface area contributed by atoms with Crippen LogP contribution >= 0.6 is 0 Å². The molecule has 3 rings (SSSR count). The van der Waals surface area contributed by atoms with E-state index in [9.17, 15) is 4.79 Å². The quantitative estimate of drug-likeness (QED) is 0.706. The predicted octanol–water partition coefficient (Wildman–Crippen LogP) is 2.29. The summed E-state index contributed by atoms with van der Waals surface area (Å²) in [4.78, 5) is 15.8. The Balaban J connectivity index is 2.41. The van der Waals surface area contributed by atoms with Crippen LogP contribution in [0.4, 0.5) is 0 Å². The monoisotopic (exact) mass is 237 g/mol. The van der Waals surface area contributed by atoms with Gasteiger partial charge in [-0.05, 0) is 24.6 Å². The maximum atomic E-state index is 11.7. The third-order valence-electron chi connectivity index (χ3n) is 2.97. The van der Waals surface area contributed by atoms with Gasteiger partial charge in [0.25, 0.3) is 5.56 Å². The molecule has 0 amide bonds. The highest BCUT2D eigenvalue weighted by Crippen LogP contribution is 2.25. The third kappa shape index (κ3) is 1.59. The van der Waals surface area contributed by atoms with Gasteiger partial charge in [-0.2, -0.15) is 5.10 Å². The van der Waals surface area contributed by atoms with Gasteiger partial charge in [0.2, 0.25) is 0 Å². The number of fused-ring (bicyclic) bond motifs is 1. The summed E-state index contributed by atoms with van der Waals surface area (Å²) < 4.78 is 0. The number of pyridine rings is 1. The summed E-state index contributed by atoms with van der Waals surface area (Å²) in [5.41, 5.74) is 2.63. The fraction of sp³-hybridized carbons (Fsp3) is 0.0714. The Kier molecular flexibility index (Phi) is 2.41. The van der Waals surface area contributed by atoms with Crippen LogP contribution in [-0.2, 0) is 0 Å². The molecule has 0 aliphatic carbocycles. The maximum absolute atomic E-state index is 11.7. The van der Waals surface area contributed by atoms with Crippen molar-refractivity contribution in [3.8, 4) is 11.3 Å². The number of hydrogen-bond acceptors (Lipinski definition) is 3. The predicted molar refractivity (Wildman–Crippen MR) is 70.3 cm³/mol. The smallest absolute Gasteiger partial charge is 0.267 e. The van der Waals surface area contributed by atoms with Crippen LogP contribution in [0, 0.1) is 6.92 Å². The van der Waals surface area contributed by atoms with Crippen molar-refractivity contribution < 1.29 is 0 Å². The zero-order valence-corrected chi connectivity index (χ0v) is 9.84. The van der Waals surface area contributed by atoms with Gasteiger partial charge in [-0.15, -0.1) is 0 Å². The van der Waals surface area contributed by atoms with Crippen molar-refractivity contribution in [1.29, 1.82) is 0 Å². The highest BCUT2D eigenvalue weighted by Gasteiger charge is 2.09. The van der Waals surface area contributed by atoms with Gasteiger partial charge in [0, 0.05) is 23.3 Å². The summed E-state index contributed by atoms with van der Waals surface area (Å²) in [6.07, 6.45) is 3.51. The lowest BCUT2D eigenvalue weighted by atomic mass is 10.0. The third-order valence-corrected chi connectivity index (χ3v) is 2.97. The van der Waals surface area contributed by atoms with Crippen molar-refractivity contribution in [1.82, 2.24) is 15.2 Å². The van der Waals surface area contributed by atoms with Gasteiger partial charge >= 0.3 is 0 Å². The summed E-state index contributed by atoms with van der Waals surface area (Å²) >= 11 is 0. The van der Waals surface area contributed by atoms with E-state index in [1.54, 1.807) is 18.5 Å². The molecule has 0 aliphatic rings. The van der Waals surface area contributed by atoms with Crippen LogP contribution < -0.4 is 5.56 Å². The average molecular weight is 237 g/mol. The summed E-state index contributed by atoms with van der Waals surface area (Å²) in [5.74, 6) is 0. The number of H-pyrrole nitrogens is 1. The molecule has 0 fully saturated rings. The molecule has 2 aromatic heterocycles. The number of nitrogens with one attached hydrogen (secondary N) is 1. The van der Waals surface area contributed by atoms with Crippen LogP contribution in [0.1, 0.15) is 5.56 Å². The van der Waals surface area contributed by atoms with Gasteiger partial charge in [0.05, 0.1) is 11.1 Å². The Bertz CT molecular complexity index is 777. The second-order valence-electron chi connectivity index (χ2n) is 4.14. The van der Waals surface area contributed by atoms with E-state index in [0.717, 1.165) is 22.2 Å². The van der Waals surface area contributed by atoms with Crippen molar-refractivity contribution in [2.75, 3.05) is 0 Å². The normalized spacial score (nSPS) is 10.7. The van der Waals surface area contributed by atoms with Crippen molar-refractivity contribution >= 4 is 10.8 Å². The van der Waals surface area contributed by atoms with Crippen molar-refractivity contribution in [2.24, 2.45) is 0 Å². The molecule has 0 saturated carbocycles. The van der Waals surface area contributed by atoms with Crippen LogP contribution in [0.5, 0.6) is 0 Å². The molecule has 1 aromatic carbocycles. The van der Waals surface area contributed by atoms with Crippen molar-refractivity contribution in [2.45, 2.75) is 6.92 Å². The highest BCUT2D eigenvalue weighted by molar-refractivity contribution is 5.94. The Morgan fingerprint density at radius 1 is 1.11 bits per heavy atom. The Morgan fingerprint density at radius 3 is 2.67 bits per heavy atom. The molecule has 4 nitrogen and oxygen atoms in total. The van der Waals surface area contributed by atoms with Gasteiger partial charge in [0.1, 0.15) is 0 Å². The van der Waals surface area contributed by atoms with Gasteiger partial charge in [-0.3, -0.25) is 9.78 Å². The molecule has 0 saturated heterocycles. The molecule has 2 heterocycles. The van der Waals surface area contributed by atoms with E-state index in [0.29, 0.717) is 5.39 Å². The molecule has 0 atom stereocenters. The van der Waals surface area contributed by atoms with Gasteiger partial charge in [0.15, 0.2) is 0 Å². The average Bonchev–Trinajstić information content (AvgIpc) is 2.41. The highest BCUT2D eigenvalue weighted by atomic mass is 16.1. The fourth-order valence-electron chi connectivity index (χ4n) is 2.06. The van der Waals surface area contributed by atoms with Crippen molar-refractivity contribution in [3.63, 3.8) is 0 Å². The first-order valence-electron chi connectivity index (χ1n) is 5.66. The van der Waals surface area contributed by atoms with Crippen LogP contribution in [0.15, 0.2) is 47.5 Å². The number of benzene rings is 1. The molecule has 0 unspecified atom stereocenters. The van der Waals surface area contributed by atoms with Gasteiger partial charge in [-0.1, -0.05) is 18.2 Å². The summed E-state index contributed by atoms with van der Waals surface area (Å²) in [6.45, 7) is 1.98. The minimum atomic E-state index is -0.166. The summed E-state index contributed by atoms with van der Waals surface area (Å²) in [7, 11) is 0. The van der Waals surface area contributed by atoms with E-state index in [1.165, 1.54) is 0 Å². The van der Waals surface area contributed by atoms with Gasteiger partial charge < -0.3 is 0 Å². The molecule has 0 aliphatic heterocycles. The molecule has 0 spiro atoms. The first-order chi connectivity index (χ1) is 8.77. The largest absolute Gasteiger partial charge is 0.272 e. The van der Waals surface area contributed by atoms with E-state index in [1.807, 2.05) is 31.2 Å². The van der Waals surface area contributed by atoms with E-state index in [-0.39, 0.29) is 5.56 Å². The van der Waals surface area contributed by atoms with Crippen LogP contribution in [0.25, 0.3) is 22.0 Å². The van der Waals surface area contributed by atoms with E-state index >= 15 is 0 Å². The molecule has 3 aromatic rings. The molecule has 88 valence electrons. The Morgan fingerprint density at radius 2 is 1.89 bits per heavy atom. The Hall–Kier alpha value is -2.49.